The summed E-state index contributed by atoms with van der Waals surface area (Å²) in [7, 11) is 0. The summed E-state index contributed by atoms with van der Waals surface area (Å²) in [6.45, 7) is 4.73. The van der Waals surface area contributed by atoms with Crippen molar-refractivity contribution in [3.8, 4) is 39.3 Å². The molecule has 0 radical (unpaired) electrons. The monoisotopic (exact) mass is 765 g/mol. The molecule has 3 heterocycles. The molecule has 0 spiro atoms. The van der Waals surface area contributed by atoms with E-state index in [0.717, 1.165) is 0 Å². The number of rotatable bonds is 4. The van der Waals surface area contributed by atoms with Crippen molar-refractivity contribution in [3.05, 3.63) is 211 Å². The van der Waals surface area contributed by atoms with Gasteiger partial charge in [0.05, 0.1) is 38.8 Å². The molecule has 0 amide bonds. The first-order chi connectivity index (χ1) is 29.6. The first-order valence-corrected chi connectivity index (χ1v) is 20.9. The van der Waals surface area contributed by atoms with Gasteiger partial charge in [0.25, 0.3) is 0 Å². The SMILES string of the molecule is CC1(C)c2ccccc2-c2ccc(-n3c4ccccc4c4c5c6ccccc6n(-c6ccccc6-c6ccc7c(c6)c6ccccc6n7-c6ccccc6)c5ccc43)cc21. The van der Waals surface area contributed by atoms with Crippen LogP contribution in [0.25, 0.3) is 105 Å². The number of benzene rings is 9. The van der Waals surface area contributed by atoms with Crippen LogP contribution in [0.2, 0.25) is 0 Å². The van der Waals surface area contributed by atoms with E-state index in [1.54, 1.807) is 0 Å². The van der Waals surface area contributed by atoms with Gasteiger partial charge in [0.2, 0.25) is 0 Å². The van der Waals surface area contributed by atoms with Crippen molar-refractivity contribution in [1.29, 1.82) is 0 Å². The van der Waals surface area contributed by atoms with Crippen molar-refractivity contribution in [1.82, 2.24) is 13.7 Å². The number of para-hydroxylation sites is 5. The van der Waals surface area contributed by atoms with Gasteiger partial charge in [0.1, 0.15) is 0 Å². The predicted molar refractivity (Wildman–Crippen MR) is 252 cm³/mol. The Hall–Kier alpha value is -7.62. The van der Waals surface area contributed by atoms with Crippen LogP contribution in [0, 0.1) is 0 Å². The molecule has 12 aromatic rings. The minimum absolute atomic E-state index is 0.0850. The van der Waals surface area contributed by atoms with Crippen molar-refractivity contribution in [2.24, 2.45) is 0 Å². The lowest BCUT2D eigenvalue weighted by Crippen LogP contribution is -2.15. The molecule has 0 bridgehead atoms. The molecule has 0 N–H and O–H groups in total. The molecule has 60 heavy (non-hydrogen) atoms. The van der Waals surface area contributed by atoms with Crippen molar-refractivity contribution in [2.45, 2.75) is 19.3 Å². The van der Waals surface area contributed by atoms with E-state index >= 15 is 0 Å². The standard InChI is InChI=1S/C57H39N3/c1-57(2)46-23-11-6-19-40(46)41-30-29-38(35-47(41)57)59-50-26-14-9-21-43(50)55-53(59)32-33-54-56(55)44-22-10-15-27-51(44)60(54)48-24-12-7-18-39(48)36-28-31-52-45(34-36)42-20-8-13-25-49(42)58(52)37-16-4-3-5-17-37/h3-35H,1-2H3. The van der Waals surface area contributed by atoms with Crippen LogP contribution in [-0.4, -0.2) is 13.7 Å². The molecule has 0 atom stereocenters. The second-order valence-electron chi connectivity index (χ2n) is 16.9. The molecule has 1 aliphatic carbocycles. The summed E-state index contributed by atoms with van der Waals surface area (Å²) >= 11 is 0. The highest BCUT2D eigenvalue weighted by Gasteiger charge is 2.35. The zero-order valence-electron chi connectivity index (χ0n) is 33.4. The van der Waals surface area contributed by atoms with Crippen molar-refractivity contribution in [3.63, 3.8) is 0 Å². The third kappa shape index (κ3) is 4.44. The summed E-state index contributed by atoms with van der Waals surface area (Å²) in [6, 6.07) is 74.0. The normalized spacial score (nSPS) is 13.3. The molecule has 0 saturated heterocycles. The van der Waals surface area contributed by atoms with E-state index in [1.807, 2.05) is 0 Å². The summed E-state index contributed by atoms with van der Waals surface area (Å²) in [4.78, 5) is 0. The second-order valence-corrected chi connectivity index (χ2v) is 16.9. The Bertz CT molecular complexity index is 3740. The lowest BCUT2D eigenvalue weighted by atomic mass is 9.82. The molecule has 3 heteroatoms. The van der Waals surface area contributed by atoms with E-state index in [9.17, 15) is 0 Å². The number of nitrogens with zero attached hydrogens (tertiary/aromatic N) is 3. The first-order valence-electron chi connectivity index (χ1n) is 20.9. The molecular formula is C57H39N3. The molecule has 3 aromatic heterocycles. The van der Waals surface area contributed by atoms with Crippen LogP contribution >= 0.6 is 0 Å². The smallest absolute Gasteiger partial charge is 0.0549 e. The van der Waals surface area contributed by atoms with E-state index in [0.29, 0.717) is 0 Å². The molecule has 0 aliphatic heterocycles. The van der Waals surface area contributed by atoms with Gasteiger partial charge in [-0.15, -0.1) is 0 Å². The predicted octanol–water partition coefficient (Wildman–Crippen LogP) is 15.0. The van der Waals surface area contributed by atoms with Gasteiger partial charge >= 0.3 is 0 Å². The fourth-order valence-electron chi connectivity index (χ4n) is 10.8. The Labute approximate surface area is 347 Å². The van der Waals surface area contributed by atoms with E-state index < -0.39 is 0 Å². The Morgan fingerprint density at radius 2 is 0.833 bits per heavy atom. The molecule has 0 fully saturated rings. The van der Waals surface area contributed by atoms with E-state index in [-0.39, 0.29) is 5.41 Å². The average molecular weight is 766 g/mol. The summed E-state index contributed by atoms with van der Waals surface area (Å²) in [5, 5.41) is 7.58. The van der Waals surface area contributed by atoms with Gasteiger partial charge in [0, 0.05) is 54.7 Å². The summed E-state index contributed by atoms with van der Waals surface area (Å²) < 4.78 is 7.38. The van der Waals surface area contributed by atoms with Crippen molar-refractivity contribution < 1.29 is 0 Å². The van der Waals surface area contributed by atoms with Crippen LogP contribution < -0.4 is 0 Å². The third-order valence-corrected chi connectivity index (χ3v) is 13.4. The number of aromatic nitrogens is 3. The highest BCUT2D eigenvalue weighted by molar-refractivity contribution is 6.29. The molecule has 9 aromatic carbocycles. The Morgan fingerprint density at radius 1 is 0.317 bits per heavy atom. The highest BCUT2D eigenvalue weighted by atomic mass is 15.0. The second kappa shape index (κ2) is 12.2. The highest BCUT2D eigenvalue weighted by Crippen LogP contribution is 2.50. The molecule has 0 unspecified atom stereocenters. The van der Waals surface area contributed by atoms with Crippen LogP contribution in [0.15, 0.2) is 200 Å². The molecular weight excluding hydrogens is 727 g/mol. The number of hydrogen-bond donors (Lipinski definition) is 0. The van der Waals surface area contributed by atoms with Gasteiger partial charge in [-0.25, -0.2) is 0 Å². The largest absolute Gasteiger partial charge is 0.309 e. The molecule has 13 rings (SSSR count). The molecule has 3 nitrogen and oxygen atoms in total. The van der Waals surface area contributed by atoms with E-state index in [2.05, 4.69) is 228 Å². The minimum Gasteiger partial charge on any atom is -0.309 e. The molecule has 0 saturated carbocycles. The minimum atomic E-state index is -0.0850. The summed E-state index contributed by atoms with van der Waals surface area (Å²) in [6.07, 6.45) is 0. The number of hydrogen-bond acceptors (Lipinski definition) is 0. The van der Waals surface area contributed by atoms with Crippen molar-refractivity contribution >= 4 is 65.4 Å². The third-order valence-electron chi connectivity index (χ3n) is 13.4. The average Bonchev–Trinajstić information content (AvgIpc) is 4.00. The van der Waals surface area contributed by atoms with Crippen LogP contribution in [0.1, 0.15) is 25.0 Å². The van der Waals surface area contributed by atoms with E-state index in [4.69, 9.17) is 0 Å². The molecule has 282 valence electrons. The Morgan fingerprint density at radius 3 is 1.58 bits per heavy atom. The van der Waals surface area contributed by atoms with Gasteiger partial charge in [-0.1, -0.05) is 141 Å². The zero-order valence-corrected chi connectivity index (χ0v) is 33.4. The lowest BCUT2D eigenvalue weighted by molar-refractivity contribution is 0.660. The van der Waals surface area contributed by atoms with Gasteiger partial charge < -0.3 is 13.7 Å². The maximum atomic E-state index is 2.50. The first kappa shape index (κ1) is 33.4. The van der Waals surface area contributed by atoms with Crippen LogP contribution in [-0.2, 0) is 5.41 Å². The lowest BCUT2D eigenvalue weighted by Gasteiger charge is -2.22. The maximum Gasteiger partial charge on any atom is 0.0549 e. The van der Waals surface area contributed by atoms with Crippen LogP contribution in [0.3, 0.4) is 0 Å². The van der Waals surface area contributed by atoms with Crippen LogP contribution in [0.5, 0.6) is 0 Å². The molecule has 1 aliphatic rings. The van der Waals surface area contributed by atoms with Gasteiger partial charge in [-0.2, -0.15) is 0 Å². The summed E-state index contributed by atoms with van der Waals surface area (Å²) in [5.74, 6) is 0. The Kier molecular flexibility index (Phi) is 6.78. The van der Waals surface area contributed by atoms with Gasteiger partial charge in [-0.05, 0) is 101 Å². The quantitative estimate of drug-likeness (QED) is 0.169. The van der Waals surface area contributed by atoms with Gasteiger partial charge in [-0.3, -0.25) is 0 Å². The fraction of sp³-hybridized carbons (Fsp3) is 0.0526. The Balaban J connectivity index is 1.05. The van der Waals surface area contributed by atoms with E-state index in [1.165, 1.54) is 116 Å². The topological polar surface area (TPSA) is 14.8 Å². The summed E-state index contributed by atoms with van der Waals surface area (Å²) in [5.41, 5.74) is 18.5. The number of fused-ring (bicyclic) bond motifs is 13. The van der Waals surface area contributed by atoms with Crippen molar-refractivity contribution in [2.75, 3.05) is 0 Å². The van der Waals surface area contributed by atoms with Gasteiger partial charge in [0.15, 0.2) is 0 Å². The fourth-order valence-corrected chi connectivity index (χ4v) is 10.8. The van der Waals surface area contributed by atoms with Crippen LogP contribution in [0.4, 0.5) is 0 Å². The zero-order chi connectivity index (χ0) is 39.7. The maximum absolute atomic E-state index is 2.50.